The van der Waals surface area contributed by atoms with Gasteiger partial charge in [-0.3, -0.25) is 4.79 Å². The third-order valence-electron chi connectivity index (χ3n) is 2.46. The highest BCUT2D eigenvalue weighted by molar-refractivity contribution is 9.10. The second-order valence-electron chi connectivity index (χ2n) is 5.54. The highest BCUT2D eigenvalue weighted by Crippen LogP contribution is 2.26. The van der Waals surface area contributed by atoms with E-state index in [1.165, 1.54) is 0 Å². The number of anilines is 1. The van der Waals surface area contributed by atoms with Crippen LogP contribution in [0.15, 0.2) is 22.7 Å². The molecule has 0 aromatic heterocycles. The maximum Gasteiger partial charge on any atom is 0.242 e. The Morgan fingerprint density at radius 1 is 1.33 bits per heavy atom. The summed E-state index contributed by atoms with van der Waals surface area (Å²) in [5.74, 6) is -0.00379. The minimum atomic E-state index is -0.276. The van der Waals surface area contributed by atoms with Crippen molar-refractivity contribution in [2.75, 3.05) is 5.32 Å². The number of aryl methyl sites for hydroxylation is 1. The summed E-state index contributed by atoms with van der Waals surface area (Å²) in [4.78, 5) is 12.0. The van der Waals surface area contributed by atoms with Crippen LogP contribution in [0, 0.1) is 6.92 Å². The van der Waals surface area contributed by atoms with Gasteiger partial charge in [0.05, 0.1) is 0 Å². The average Bonchev–Trinajstić information content (AvgIpc) is 2.22. The molecule has 0 radical (unpaired) electrons. The molecule has 18 heavy (non-hydrogen) atoms. The number of amides is 1. The van der Waals surface area contributed by atoms with E-state index in [1.54, 1.807) is 0 Å². The molecular weight excluding hydrogens is 292 g/mol. The highest BCUT2D eigenvalue weighted by atomic mass is 79.9. The van der Waals surface area contributed by atoms with Gasteiger partial charge in [-0.1, -0.05) is 12.1 Å². The topological polar surface area (TPSA) is 41.1 Å². The molecule has 0 aliphatic rings. The molecule has 1 atom stereocenters. The second kappa shape index (κ2) is 5.74. The number of hydrogen-bond acceptors (Lipinski definition) is 2. The van der Waals surface area contributed by atoms with Gasteiger partial charge >= 0.3 is 0 Å². The van der Waals surface area contributed by atoms with Gasteiger partial charge in [-0.05, 0) is 62.2 Å². The SMILES string of the molecule is Cc1cccc(NC(C)C(=O)NC(C)(C)C)c1Br. The number of hydrogen-bond donors (Lipinski definition) is 2. The van der Waals surface area contributed by atoms with Crippen LogP contribution in [0.25, 0.3) is 0 Å². The molecule has 2 N–H and O–H groups in total. The Balaban J connectivity index is 2.73. The lowest BCUT2D eigenvalue weighted by atomic mass is 10.1. The van der Waals surface area contributed by atoms with Crippen molar-refractivity contribution in [3.8, 4) is 0 Å². The van der Waals surface area contributed by atoms with Crippen molar-refractivity contribution in [2.24, 2.45) is 0 Å². The fourth-order valence-electron chi connectivity index (χ4n) is 1.54. The smallest absolute Gasteiger partial charge is 0.242 e. The maximum atomic E-state index is 12.0. The maximum absolute atomic E-state index is 12.0. The molecule has 1 unspecified atom stereocenters. The van der Waals surface area contributed by atoms with Crippen molar-refractivity contribution < 1.29 is 4.79 Å². The normalized spacial score (nSPS) is 13.0. The predicted octanol–water partition coefficient (Wildman–Crippen LogP) is 3.47. The van der Waals surface area contributed by atoms with Gasteiger partial charge in [0.15, 0.2) is 0 Å². The van der Waals surface area contributed by atoms with E-state index in [1.807, 2.05) is 52.8 Å². The van der Waals surface area contributed by atoms with Crippen LogP contribution >= 0.6 is 15.9 Å². The van der Waals surface area contributed by atoms with E-state index in [2.05, 4.69) is 26.6 Å². The summed E-state index contributed by atoms with van der Waals surface area (Å²) in [6, 6.07) is 5.67. The van der Waals surface area contributed by atoms with Crippen LogP contribution in [0.1, 0.15) is 33.3 Å². The zero-order chi connectivity index (χ0) is 13.9. The Kier molecular flexibility index (Phi) is 4.79. The summed E-state index contributed by atoms with van der Waals surface area (Å²) >= 11 is 3.52. The van der Waals surface area contributed by atoms with Crippen molar-refractivity contribution in [3.63, 3.8) is 0 Å². The van der Waals surface area contributed by atoms with Crippen molar-refractivity contribution in [1.82, 2.24) is 5.32 Å². The van der Waals surface area contributed by atoms with E-state index < -0.39 is 0 Å². The predicted molar refractivity (Wildman–Crippen MR) is 79.9 cm³/mol. The molecule has 4 heteroatoms. The highest BCUT2D eigenvalue weighted by Gasteiger charge is 2.19. The van der Waals surface area contributed by atoms with E-state index in [0.29, 0.717) is 0 Å². The number of halogens is 1. The molecule has 1 aromatic carbocycles. The van der Waals surface area contributed by atoms with Gasteiger partial charge in [0.25, 0.3) is 0 Å². The van der Waals surface area contributed by atoms with Crippen LogP contribution in [-0.2, 0) is 4.79 Å². The molecule has 0 bridgehead atoms. The molecule has 1 amide bonds. The summed E-state index contributed by atoms with van der Waals surface area (Å²) in [7, 11) is 0. The number of benzene rings is 1. The van der Waals surface area contributed by atoms with Crippen LogP contribution in [0.5, 0.6) is 0 Å². The van der Waals surface area contributed by atoms with Crippen LogP contribution in [0.4, 0.5) is 5.69 Å². The van der Waals surface area contributed by atoms with E-state index >= 15 is 0 Å². The zero-order valence-corrected chi connectivity index (χ0v) is 13.2. The molecule has 0 aliphatic heterocycles. The van der Waals surface area contributed by atoms with Gasteiger partial charge in [-0.15, -0.1) is 0 Å². The van der Waals surface area contributed by atoms with Gasteiger partial charge in [-0.2, -0.15) is 0 Å². The standard InChI is InChI=1S/C14H21BrN2O/c1-9-7-6-8-11(12(9)15)16-10(2)13(18)17-14(3,4)5/h6-8,10,16H,1-5H3,(H,17,18). The molecule has 0 saturated carbocycles. The first kappa shape index (κ1) is 15.0. The summed E-state index contributed by atoms with van der Waals surface area (Å²) < 4.78 is 1.00. The lowest BCUT2D eigenvalue weighted by Gasteiger charge is -2.24. The van der Waals surface area contributed by atoms with Crippen molar-refractivity contribution in [3.05, 3.63) is 28.2 Å². The molecule has 0 saturated heterocycles. The molecule has 1 rings (SSSR count). The molecular formula is C14H21BrN2O. The lowest BCUT2D eigenvalue weighted by molar-refractivity contribution is -0.122. The van der Waals surface area contributed by atoms with Crippen LogP contribution in [0.2, 0.25) is 0 Å². The average molecular weight is 313 g/mol. The summed E-state index contributed by atoms with van der Waals surface area (Å²) in [6.07, 6.45) is 0. The third kappa shape index (κ3) is 4.33. The minimum Gasteiger partial charge on any atom is -0.373 e. The molecule has 100 valence electrons. The van der Waals surface area contributed by atoms with E-state index in [0.717, 1.165) is 15.7 Å². The Morgan fingerprint density at radius 3 is 2.50 bits per heavy atom. The first-order valence-corrected chi connectivity index (χ1v) is 6.83. The number of nitrogens with one attached hydrogen (secondary N) is 2. The summed E-state index contributed by atoms with van der Waals surface area (Å²) in [5, 5.41) is 6.17. The fourth-order valence-corrected chi connectivity index (χ4v) is 1.91. The quantitative estimate of drug-likeness (QED) is 0.897. The zero-order valence-electron chi connectivity index (χ0n) is 11.6. The van der Waals surface area contributed by atoms with Crippen LogP contribution in [-0.4, -0.2) is 17.5 Å². The lowest BCUT2D eigenvalue weighted by Crippen LogP contribution is -2.47. The largest absolute Gasteiger partial charge is 0.373 e. The fraction of sp³-hybridized carbons (Fsp3) is 0.500. The number of rotatable bonds is 3. The minimum absolute atomic E-state index is 0.00379. The second-order valence-corrected chi connectivity index (χ2v) is 6.33. The Hall–Kier alpha value is -1.03. The van der Waals surface area contributed by atoms with Gasteiger partial charge in [0, 0.05) is 15.7 Å². The summed E-state index contributed by atoms with van der Waals surface area (Å²) in [5.41, 5.74) is 1.87. The van der Waals surface area contributed by atoms with E-state index in [-0.39, 0.29) is 17.5 Å². The van der Waals surface area contributed by atoms with Gasteiger partial charge in [0.2, 0.25) is 5.91 Å². The molecule has 1 aromatic rings. The molecule has 3 nitrogen and oxygen atoms in total. The molecule has 0 spiro atoms. The first-order valence-electron chi connectivity index (χ1n) is 6.04. The third-order valence-corrected chi connectivity index (χ3v) is 3.51. The Morgan fingerprint density at radius 2 is 1.94 bits per heavy atom. The Bertz CT molecular complexity index is 438. The Labute approximate surface area is 117 Å². The van der Waals surface area contributed by atoms with Crippen molar-refractivity contribution in [1.29, 1.82) is 0 Å². The molecule has 0 heterocycles. The first-order chi connectivity index (χ1) is 8.20. The van der Waals surface area contributed by atoms with Crippen molar-refractivity contribution in [2.45, 2.75) is 46.2 Å². The van der Waals surface area contributed by atoms with Crippen LogP contribution < -0.4 is 10.6 Å². The molecule has 0 fully saturated rings. The van der Waals surface area contributed by atoms with E-state index in [9.17, 15) is 4.79 Å². The van der Waals surface area contributed by atoms with Gasteiger partial charge in [-0.25, -0.2) is 0 Å². The number of carbonyl (C=O) groups is 1. The number of carbonyl (C=O) groups excluding carboxylic acids is 1. The molecule has 0 aliphatic carbocycles. The van der Waals surface area contributed by atoms with Crippen molar-refractivity contribution >= 4 is 27.5 Å². The van der Waals surface area contributed by atoms with Gasteiger partial charge in [0.1, 0.15) is 6.04 Å². The summed E-state index contributed by atoms with van der Waals surface area (Å²) in [6.45, 7) is 9.80. The van der Waals surface area contributed by atoms with E-state index in [4.69, 9.17) is 0 Å². The van der Waals surface area contributed by atoms with Gasteiger partial charge < -0.3 is 10.6 Å². The monoisotopic (exact) mass is 312 g/mol. The van der Waals surface area contributed by atoms with Crippen LogP contribution in [0.3, 0.4) is 0 Å².